The molecule has 0 radical (unpaired) electrons. The molecule has 0 bridgehead atoms. The van der Waals surface area contributed by atoms with Gasteiger partial charge in [-0.3, -0.25) is 4.79 Å². The number of hydrogen-bond donors (Lipinski definition) is 0. The summed E-state index contributed by atoms with van der Waals surface area (Å²) in [6.07, 6.45) is 0.473. The fourth-order valence-corrected chi connectivity index (χ4v) is 4.40. The normalized spacial score (nSPS) is 11.9. The standard InChI is InChI=1S/C26H26ClFO4S/c1-4-33(30,31)23-12-7-19(8-13-23)16-21(29)15-18-5-10-22(11-6-18)32-26(2,3)20-9-14-24(27)25(28)17-20/h5-14,17H,4,15-16H2,1-3H3. The third-order valence-electron chi connectivity index (χ3n) is 5.38. The topological polar surface area (TPSA) is 60.4 Å². The summed E-state index contributed by atoms with van der Waals surface area (Å²) in [5.41, 5.74) is 1.49. The zero-order valence-electron chi connectivity index (χ0n) is 18.8. The molecule has 0 aromatic heterocycles. The van der Waals surface area contributed by atoms with E-state index in [0.29, 0.717) is 11.3 Å². The molecule has 0 unspecified atom stereocenters. The van der Waals surface area contributed by atoms with Crippen molar-refractivity contribution < 1.29 is 22.3 Å². The van der Waals surface area contributed by atoms with Gasteiger partial charge in [-0.2, -0.15) is 0 Å². The Balaban J connectivity index is 1.61. The summed E-state index contributed by atoms with van der Waals surface area (Å²) in [5.74, 6) is 0.158. The molecule has 0 saturated heterocycles. The van der Waals surface area contributed by atoms with Crippen LogP contribution in [0.15, 0.2) is 71.6 Å². The zero-order chi connectivity index (χ0) is 24.2. The van der Waals surface area contributed by atoms with Crippen LogP contribution in [-0.2, 0) is 33.1 Å². The van der Waals surface area contributed by atoms with Crippen molar-refractivity contribution in [3.05, 3.63) is 94.3 Å². The summed E-state index contributed by atoms with van der Waals surface area (Å²) in [5, 5.41) is 0.0607. The summed E-state index contributed by atoms with van der Waals surface area (Å²) < 4.78 is 43.7. The van der Waals surface area contributed by atoms with Crippen LogP contribution in [0.3, 0.4) is 0 Å². The Bertz CT molecular complexity index is 1230. The third-order valence-corrected chi connectivity index (χ3v) is 7.43. The van der Waals surface area contributed by atoms with Crippen LogP contribution in [0.1, 0.15) is 37.5 Å². The number of carbonyl (C=O) groups is 1. The van der Waals surface area contributed by atoms with Crippen molar-refractivity contribution in [3.8, 4) is 5.75 Å². The van der Waals surface area contributed by atoms with Gasteiger partial charge in [0, 0.05) is 12.8 Å². The molecule has 0 aliphatic heterocycles. The first kappa shape index (κ1) is 24.9. The van der Waals surface area contributed by atoms with Crippen LogP contribution in [0, 0.1) is 5.82 Å². The van der Waals surface area contributed by atoms with E-state index in [1.165, 1.54) is 12.1 Å². The molecule has 0 saturated carbocycles. The molecule has 0 heterocycles. The monoisotopic (exact) mass is 488 g/mol. The second-order valence-corrected chi connectivity index (χ2v) is 11.0. The number of rotatable bonds is 9. The highest BCUT2D eigenvalue weighted by Crippen LogP contribution is 2.30. The molecule has 0 aliphatic carbocycles. The maximum Gasteiger partial charge on any atom is 0.178 e. The van der Waals surface area contributed by atoms with Gasteiger partial charge >= 0.3 is 0 Å². The first-order chi connectivity index (χ1) is 15.5. The first-order valence-electron chi connectivity index (χ1n) is 10.6. The lowest BCUT2D eigenvalue weighted by atomic mass is 9.97. The molecule has 33 heavy (non-hydrogen) atoms. The van der Waals surface area contributed by atoms with E-state index in [4.69, 9.17) is 16.3 Å². The molecule has 0 fully saturated rings. The molecule has 4 nitrogen and oxygen atoms in total. The van der Waals surface area contributed by atoms with Gasteiger partial charge < -0.3 is 4.74 Å². The van der Waals surface area contributed by atoms with Crippen molar-refractivity contribution >= 4 is 27.2 Å². The largest absolute Gasteiger partial charge is 0.483 e. The van der Waals surface area contributed by atoms with E-state index in [1.807, 2.05) is 26.0 Å². The number of benzene rings is 3. The Morgan fingerprint density at radius 3 is 2.00 bits per heavy atom. The first-order valence-corrected chi connectivity index (χ1v) is 12.6. The molecule has 0 N–H and O–H groups in total. The Morgan fingerprint density at radius 2 is 1.48 bits per heavy atom. The molecule has 0 amide bonds. The van der Waals surface area contributed by atoms with Crippen LogP contribution in [0.2, 0.25) is 5.02 Å². The second kappa shape index (κ2) is 10.1. The molecule has 0 aliphatic rings. The van der Waals surface area contributed by atoms with E-state index < -0.39 is 21.3 Å². The number of ether oxygens (including phenoxy) is 1. The predicted molar refractivity (Wildman–Crippen MR) is 128 cm³/mol. The highest BCUT2D eigenvalue weighted by Gasteiger charge is 2.24. The fraction of sp³-hybridized carbons (Fsp3) is 0.269. The van der Waals surface area contributed by atoms with Crippen LogP contribution in [0.25, 0.3) is 0 Å². The van der Waals surface area contributed by atoms with Crippen LogP contribution >= 0.6 is 11.6 Å². The Morgan fingerprint density at radius 1 is 0.939 bits per heavy atom. The molecule has 3 aromatic rings. The van der Waals surface area contributed by atoms with Gasteiger partial charge in [-0.05, 0) is 66.9 Å². The maximum atomic E-state index is 13.8. The maximum absolute atomic E-state index is 13.8. The smallest absolute Gasteiger partial charge is 0.178 e. The van der Waals surface area contributed by atoms with E-state index in [2.05, 4.69) is 0 Å². The molecule has 0 spiro atoms. The number of hydrogen-bond acceptors (Lipinski definition) is 4. The van der Waals surface area contributed by atoms with Crippen molar-refractivity contribution in [1.29, 1.82) is 0 Å². The molecule has 174 valence electrons. The van der Waals surface area contributed by atoms with E-state index in [0.717, 1.165) is 11.1 Å². The number of Topliss-reactive ketones (excluding diaryl/α,β-unsaturated/α-hetero) is 1. The SMILES string of the molecule is CCS(=O)(=O)c1ccc(CC(=O)Cc2ccc(OC(C)(C)c3ccc(Cl)c(F)c3)cc2)cc1. The average molecular weight is 489 g/mol. The summed E-state index contributed by atoms with van der Waals surface area (Å²) in [6.45, 7) is 5.27. The number of sulfone groups is 1. The van der Waals surface area contributed by atoms with Gasteiger partial charge in [-0.1, -0.05) is 48.9 Å². The van der Waals surface area contributed by atoms with Gasteiger partial charge in [0.1, 0.15) is 23.0 Å². The lowest BCUT2D eigenvalue weighted by molar-refractivity contribution is -0.117. The minimum absolute atomic E-state index is 0.0201. The Hall–Kier alpha value is -2.70. The quantitative estimate of drug-likeness (QED) is 0.374. The van der Waals surface area contributed by atoms with Crippen molar-refractivity contribution in [3.63, 3.8) is 0 Å². The number of carbonyl (C=O) groups excluding carboxylic acids is 1. The van der Waals surface area contributed by atoms with Gasteiger partial charge in [-0.25, -0.2) is 12.8 Å². The molecular weight excluding hydrogens is 463 g/mol. The fourth-order valence-electron chi connectivity index (χ4n) is 3.40. The van der Waals surface area contributed by atoms with Crippen molar-refractivity contribution in [1.82, 2.24) is 0 Å². The zero-order valence-corrected chi connectivity index (χ0v) is 20.3. The summed E-state index contributed by atoms with van der Waals surface area (Å²) in [6, 6.07) is 18.2. The summed E-state index contributed by atoms with van der Waals surface area (Å²) in [7, 11) is -3.25. The Kier molecular flexibility index (Phi) is 7.60. The molecule has 3 aromatic carbocycles. The predicted octanol–water partition coefficient (Wildman–Crippen LogP) is 5.94. The molecule has 0 atom stereocenters. The Labute approximate surface area is 199 Å². The van der Waals surface area contributed by atoms with Gasteiger partial charge in [0.15, 0.2) is 9.84 Å². The van der Waals surface area contributed by atoms with Crippen molar-refractivity contribution in [2.45, 2.75) is 44.1 Å². The number of halogens is 2. The molecule has 7 heteroatoms. The van der Waals surface area contributed by atoms with E-state index in [9.17, 15) is 17.6 Å². The van der Waals surface area contributed by atoms with E-state index >= 15 is 0 Å². The lowest BCUT2D eigenvalue weighted by Gasteiger charge is -2.27. The van der Waals surface area contributed by atoms with Crippen molar-refractivity contribution in [2.24, 2.45) is 0 Å². The highest BCUT2D eigenvalue weighted by atomic mass is 35.5. The summed E-state index contributed by atoms with van der Waals surface area (Å²) in [4.78, 5) is 12.7. The van der Waals surface area contributed by atoms with E-state index in [-0.39, 0.29) is 34.3 Å². The van der Waals surface area contributed by atoms with Gasteiger partial charge in [0.25, 0.3) is 0 Å². The van der Waals surface area contributed by atoms with E-state index in [1.54, 1.807) is 49.4 Å². The summed E-state index contributed by atoms with van der Waals surface area (Å²) >= 11 is 5.76. The molecule has 3 rings (SSSR count). The average Bonchev–Trinajstić information content (AvgIpc) is 2.77. The minimum Gasteiger partial charge on any atom is -0.483 e. The van der Waals surface area contributed by atoms with Crippen LogP contribution < -0.4 is 4.74 Å². The van der Waals surface area contributed by atoms with Gasteiger partial charge in [0.05, 0.1) is 15.7 Å². The van der Waals surface area contributed by atoms with Crippen LogP contribution in [-0.4, -0.2) is 20.0 Å². The highest BCUT2D eigenvalue weighted by molar-refractivity contribution is 7.91. The van der Waals surface area contributed by atoms with Crippen LogP contribution in [0.5, 0.6) is 5.75 Å². The number of ketones is 1. The molecular formula is C26H26ClFO4S. The lowest BCUT2D eigenvalue weighted by Crippen LogP contribution is -2.25. The minimum atomic E-state index is -3.25. The van der Waals surface area contributed by atoms with Crippen LogP contribution in [0.4, 0.5) is 4.39 Å². The van der Waals surface area contributed by atoms with Crippen molar-refractivity contribution in [2.75, 3.05) is 5.75 Å². The van der Waals surface area contributed by atoms with Gasteiger partial charge in [-0.15, -0.1) is 0 Å². The second-order valence-electron chi connectivity index (χ2n) is 8.32. The van der Waals surface area contributed by atoms with Gasteiger partial charge in [0.2, 0.25) is 0 Å². The third kappa shape index (κ3) is 6.42.